The van der Waals surface area contributed by atoms with Gasteiger partial charge in [-0.25, -0.2) is 0 Å². The van der Waals surface area contributed by atoms with Gasteiger partial charge in [0.25, 0.3) is 0 Å². The van der Waals surface area contributed by atoms with Gasteiger partial charge in [0.1, 0.15) is 0 Å². The Balaban J connectivity index is 0.00000338. The third-order valence-corrected chi connectivity index (χ3v) is 5.07. The fourth-order valence-corrected chi connectivity index (χ4v) is 3.45. The molecule has 0 saturated carbocycles. The Kier molecular flexibility index (Phi) is 12.3. The SMILES string of the molecule is CN=C(NCCCOCC1CCOC1)NCc1ccc(C)cc1SC.I. The minimum absolute atomic E-state index is 0. The maximum atomic E-state index is 5.72. The van der Waals surface area contributed by atoms with Crippen LogP contribution in [0.1, 0.15) is 24.0 Å². The molecule has 1 heterocycles. The predicted octanol–water partition coefficient (Wildman–Crippen LogP) is 3.44. The number of rotatable bonds is 9. The van der Waals surface area contributed by atoms with Gasteiger partial charge in [-0.2, -0.15) is 0 Å². The lowest BCUT2D eigenvalue weighted by Gasteiger charge is -2.14. The molecule has 2 rings (SSSR count). The number of thioether (sulfide) groups is 1. The molecule has 0 radical (unpaired) electrons. The van der Waals surface area contributed by atoms with Crippen molar-refractivity contribution in [2.45, 2.75) is 31.2 Å². The van der Waals surface area contributed by atoms with Crippen LogP contribution < -0.4 is 10.6 Å². The monoisotopic (exact) mass is 493 g/mol. The molecule has 1 aliphatic rings. The van der Waals surface area contributed by atoms with Crippen molar-refractivity contribution in [2.24, 2.45) is 10.9 Å². The van der Waals surface area contributed by atoms with Gasteiger partial charge in [-0.3, -0.25) is 4.99 Å². The van der Waals surface area contributed by atoms with Gasteiger partial charge in [0.15, 0.2) is 5.96 Å². The number of hydrogen-bond donors (Lipinski definition) is 2. The molecule has 2 N–H and O–H groups in total. The van der Waals surface area contributed by atoms with Gasteiger partial charge >= 0.3 is 0 Å². The zero-order valence-electron chi connectivity index (χ0n) is 16.0. The minimum atomic E-state index is 0. The average Bonchev–Trinajstić information content (AvgIpc) is 3.14. The molecule has 5 nitrogen and oxygen atoms in total. The molecular formula is C19H32IN3O2S. The van der Waals surface area contributed by atoms with Crippen LogP contribution in [0.15, 0.2) is 28.1 Å². The fraction of sp³-hybridized carbons (Fsp3) is 0.632. The Hall–Kier alpha value is -0.510. The van der Waals surface area contributed by atoms with Gasteiger partial charge in [0.05, 0.1) is 13.2 Å². The number of benzene rings is 1. The number of ether oxygens (including phenoxy) is 2. The number of nitrogens with zero attached hydrogens (tertiary/aromatic N) is 1. The summed E-state index contributed by atoms with van der Waals surface area (Å²) in [6.07, 6.45) is 4.21. The fourth-order valence-electron chi connectivity index (χ4n) is 2.74. The van der Waals surface area contributed by atoms with Crippen molar-refractivity contribution in [1.29, 1.82) is 0 Å². The van der Waals surface area contributed by atoms with Crippen molar-refractivity contribution in [2.75, 3.05) is 46.3 Å². The molecule has 148 valence electrons. The lowest BCUT2D eigenvalue weighted by molar-refractivity contribution is 0.0888. The van der Waals surface area contributed by atoms with Gasteiger partial charge in [0.2, 0.25) is 0 Å². The quantitative estimate of drug-likeness (QED) is 0.182. The standard InChI is InChI=1S/C19H31N3O2S.HI/c1-15-5-6-17(18(11-15)25-3)12-22-19(20-2)21-8-4-9-23-13-16-7-10-24-14-16;/h5-6,11,16H,4,7-10,12-14H2,1-3H3,(H2,20,21,22);1H. The van der Waals surface area contributed by atoms with Crippen LogP contribution in [-0.4, -0.2) is 52.2 Å². The molecule has 1 aromatic rings. The predicted molar refractivity (Wildman–Crippen MR) is 121 cm³/mol. The molecule has 0 spiro atoms. The van der Waals surface area contributed by atoms with E-state index < -0.39 is 0 Å². The molecule has 0 aromatic heterocycles. The highest BCUT2D eigenvalue weighted by Gasteiger charge is 2.15. The molecule has 1 saturated heterocycles. The molecule has 7 heteroatoms. The third-order valence-electron chi connectivity index (χ3n) is 4.25. The highest BCUT2D eigenvalue weighted by molar-refractivity contribution is 14.0. The first kappa shape index (κ1) is 23.5. The molecule has 0 aliphatic carbocycles. The van der Waals surface area contributed by atoms with E-state index >= 15 is 0 Å². The zero-order valence-corrected chi connectivity index (χ0v) is 19.2. The number of guanidine groups is 1. The normalized spacial score (nSPS) is 17.0. The first-order valence-electron chi connectivity index (χ1n) is 8.96. The van der Waals surface area contributed by atoms with Crippen LogP contribution in [-0.2, 0) is 16.0 Å². The smallest absolute Gasteiger partial charge is 0.191 e. The number of hydrogen-bond acceptors (Lipinski definition) is 4. The molecule has 1 fully saturated rings. The highest BCUT2D eigenvalue weighted by Crippen LogP contribution is 2.21. The molecule has 0 bridgehead atoms. The summed E-state index contributed by atoms with van der Waals surface area (Å²) in [6, 6.07) is 6.56. The van der Waals surface area contributed by atoms with E-state index in [1.807, 2.05) is 0 Å². The van der Waals surface area contributed by atoms with Crippen molar-refractivity contribution in [3.63, 3.8) is 0 Å². The molecule has 1 aromatic carbocycles. The second-order valence-corrected chi connectivity index (χ2v) is 7.17. The van der Waals surface area contributed by atoms with Gasteiger partial charge in [-0.1, -0.05) is 12.1 Å². The Morgan fingerprint density at radius 2 is 2.23 bits per heavy atom. The van der Waals surface area contributed by atoms with Crippen LogP contribution in [0.2, 0.25) is 0 Å². The van der Waals surface area contributed by atoms with Crippen LogP contribution in [0.4, 0.5) is 0 Å². The third kappa shape index (κ3) is 8.45. The number of aryl methyl sites for hydroxylation is 1. The Labute approximate surface area is 179 Å². The summed E-state index contributed by atoms with van der Waals surface area (Å²) < 4.78 is 11.1. The van der Waals surface area contributed by atoms with Crippen LogP contribution in [0, 0.1) is 12.8 Å². The lowest BCUT2D eigenvalue weighted by atomic mass is 10.1. The lowest BCUT2D eigenvalue weighted by Crippen LogP contribution is -2.37. The van der Waals surface area contributed by atoms with E-state index in [0.29, 0.717) is 5.92 Å². The summed E-state index contributed by atoms with van der Waals surface area (Å²) in [6.45, 7) is 7.08. The summed E-state index contributed by atoms with van der Waals surface area (Å²) in [4.78, 5) is 5.60. The molecule has 1 atom stereocenters. The first-order chi connectivity index (χ1) is 12.2. The van der Waals surface area contributed by atoms with Crippen LogP contribution in [0.5, 0.6) is 0 Å². The van der Waals surface area contributed by atoms with Crippen LogP contribution >= 0.6 is 35.7 Å². The number of halogens is 1. The minimum Gasteiger partial charge on any atom is -0.381 e. The number of aliphatic imine (C=N–C) groups is 1. The largest absolute Gasteiger partial charge is 0.381 e. The van der Waals surface area contributed by atoms with Crippen molar-refractivity contribution < 1.29 is 9.47 Å². The van der Waals surface area contributed by atoms with Crippen molar-refractivity contribution in [3.05, 3.63) is 29.3 Å². The maximum absolute atomic E-state index is 5.72. The van der Waals surface area contributed by atoms with E-state index in [1.165, 1.54) is 16.0 Å². The van der Waals surface area contributed by atoms with Crippen molar-refractivity contribution >= 4 is 41.7 Å². The highest BCUT2D eigenvalue weighted by atomic mass is 127. The summed E-state index contributed by atoms with van der Waals surface area (Å²) in [5.41, 5.74) is 2.59. The Morgan fingerprint density at radius 1 is 1.38 bits per heavy atom. The zero-order chi connectivity index (χ0) is 17.9. The summed E-state index contributed by atoms with van der Waals surface area (Å²) in [5, 5.41) is 6.73. The van der Waals surface area contributed by atoms with Crippen molar-refractivity contribution in [1.82, 2.24) is 10.6 Å². The molecule has 1 aliphatic heterocycles. The van der Waals surface area contributed by atoms with E-state index in [-0.39, 0.29) is 24.0 Å². The van der Waals surface area contributed by atoms with Gasteiger partial charge in [-0.15, -0.1) is 35.7 Å². The van der Waals surface area contributed by atoms with E-state index in [1.54, 1.807) is 18.8 Å². The van der Waals surface area contributed by atoms with Crippen LogP contribution in [0.25, 0.3) is 0 Å². The topological polar surface area (TPSA) is 54.9 Å². The van der Waals surface area contributed by atoms with E-state index in [9.17, 15) is 0 Å². The number of nitrogens with one attached hydrogen (secondary N) is 2. The summed E-state index contributed by atoms with van der Waals surface area (Å²) in [5.74, 6) is 1.42. The van der Waals surface area contributed by atoms with Gasteiger partial charge in [-0.05, 0) is 43.2 Å². The first-order valence-corrected chi connectivity index (χ1v) is 10.2. The molecule has 0 amide bonds. The second kappa shape index (κ2) is 13.6. The molecule has 26 heavy (non-hydrogen) atoms. The summed E-state index contributed by atoms with van der Waals surface area (Å²) >= 11 is 1.78. The van der Waals surface area contributed by atoms with E-state index in [0.717, 1.165) is 58.3 Å². The Morgan fingerprint density at radius 3 is 2.92 bits per heavy atom. The van der Waals surface area contributed by atoms with Crippen molar-refractivity contribution in [3.8, 4) is 0 Å². The van der Waals surface area contributed by atoms with Gasteiger partial charge in [0, 0.05) is 44.2 Å². The van der Waals surface area contributed by atoms with Gasteiger partial charge < -0.3 is 20.1 Å². The Bertz CT molecular complexity index is 552. The van der Waals surface area contributed by atoms with Crippen LogP contribution in [0.3, 0.4) is 0 Å². The second-order valence-electron chi connectivity index (χ2n) is 6.33. The molecular weight excluding hydrogens is 461 g/mol. The summed E-state index contributed by atoms with van der Waals surface area (Å²) in [7, 11) is 1.80. The van der Waals surface area contributed by atoms with E-state index in [4.69, 9.17) is 9.47 Å². The average molecular weight is 493 g/mol. The van der Waals surface area contributed by atoms with E-state index in [2.05, 4.69) is 47.0 Å². The molecule has 1 unspecified atom stereocenters. The maximum Gasteiger partial charge on any atom is 0.191 e.